The smallest absolute Gasteiger partial charge is 0.0713 e. The van der Waals surface area contributed by atoms with Crippen LogP contribution in [-0.4, -0.2) is 0 Å². The van der Waals surface area contributed by atoms with E-state index in [2.05, 4.69) is 231 Å². The van der Waals surface area contributed by atoms with Gasteiger partial charge in [-0.3, -0.25) is 0 Å². The minimum Gasteiger partial charge on any atom is -0.309 e. The first-order chi connectivity index (χ1) is 29.1. The number of fused-ring (bicyclic) bond motifs is 6. The average Bonchev–Trinajstić information content (AvgIpc) is 3.73. The molecule has 1 heteroatoms. The maximum atomic E-state index is 2.58. The van der Waals surface area contributed by atoms with Crippen LogP contribution in [0.4, 0.5) is 17.1 Å². The van der Waals surface area contributed by atoms with Crippen molar-refractivity contribution in [3.63, 3.8) is 0 Å². The normalized spacial score (nSPS) is 15.1. The highest BCUT2D eigenvalue weighted by Gasteiger charge is 2.46. The Bertz CT molecular complexity index is 2910. The number of benzene rings is 8. The molecule has 0 amide bonds. The largest absolute Gasteiger partial charge is 0.309 e. The van der Waals surface area contributed by atoms with Crippen molar-refractivity contribution in [2.75, 3.05) is 4.90 Å². The maximum Gasteiger partial charge on any atom is 0.0713 e. The zero-order valence-corrected chi connectivity index (χ0v) is 33.6. The first-order valence-corrected chi connectivity index (χ1v) is 21.0. The molecule has 59 heavy (non-hydrogen) atoms. The number of nitrogens with zero attached hydrogens (tertiary/aromatic N) is 1. The van der Waals surface area contributed by atoms with Crippen molar-refractivity contribution in [3.8, 4) is 33.4 Å². The number of allylic oxidation sites excluding steroid dienone is 4. The molecule has 3 aliphatic rings. The summed E-state index contributed by atoms with van der Waals surface area (Å²) in [4.78, 5) is 2.58. The molecule has 0 spiro atoms. The molecule has 0 saturated heterocycles. The van der Waals surface area contributed by atoms with E-state index in [9.17, 15) is 0 Å². The zero-order valence-electron chi connectivity index (χ0n) is 33.6. The van der Waals surface area contributed by atoms with E-state index >= 15 is 0 Å². The lowest BCUT2D eigenvalue weighted by Crippen LogP contribution is -2.28. The predicted molar refractivity (Wildman–Crippen MR) is 248 cm³/mol. The lowest BCUT2D eigenvalue weighted by molar-refractivity contribution is 0.660. The van der Waals surface area contributed by atoms with Gasteiger partial charge < -0.3 is 4.90 Å². The van der Waals surface area contributed by atoms with E-state index in [-0.39, 0.29) is 5.41 Å². The third-order valence-electron chi connectivity index (χ3n) is 13.2. The molecule has 0 bridgehead atoms. The van der Waals surface area contributed by atoms with Crippen molar-refractivity contribution in [3.05, 3.63) is 251 Å². The number of rotatable bonds is 7. The van der Waals surface area contributed by atoms with E-state index in [1.165, 1.54) is 89.3 Å². The molecule has 0 atom stereocenters. The van der Waals surface area contributed by atoms with E-state index in [1.807, 2.05) is 0 Å². The molecule has 3 aliphatic carbocycles. The second-order valence-corrected chi connectivity index (χ2v) is 16.7. The van der Waals surface area contributed by atoms with Gasteiger partial charge >= 0.3 is 0 Å². The first kappa shape index (κ1) is 35.2. The van der Waals surface area contributed by atoms with Gasteiger partial charge in [0.2, 0.25) is 0 Å². The molecular formula is C58H45N. The van der Waals surface area contributed by atoms with Gasteiger partial charge in [0.15, 0.2) is 0 Å². The van der Waals surface area contributed by atoms with E-state index in [0.29, 0.717) is 0 Å². The summed E-state index contributed by atoms with van der Waals surface area (Å²) in [7, 11) is 0. The molecule has 0 unspecified atom stereocenters. The van der Waals surface area contributed by atoms with E-state index in [4.69, 9.17) is 0 Å². The summed E-state index contributed by atoms with van der Waals surface area (Å²) in [5.74, 6) is 0. The van der Waals surface area contributed by atoms with Gasteiger partial charge in [-0.25, -0.2) is 0 Å². The Hall–Kier alpha value is -6.96. The summed E-state index contributed by atoms with van der Waals surface area (Å²) in [5.41, 5.74) is 21.1. The SMILES string of the molecule is CC1(C)c2ccccc2-c2c(N(c3ccc4c(c3)-c3ccccc3C4(c3ccccc3)c3ccccc3)c3cccc(C4=CC=CCC4)c3-c3ccccc3)cccc21. The molecule has 0 aliphatic heterocycles. The van der Waals surface area contributed by atoms with Gasteiger partial charge in [0, 0.05) is 22.2 Å². The van der Waals surface area contributed by atoms with Crippen LogP contribution in [0.2, 0.25) is 0 Å². The Morgan fingerprint density at radius 3 is 1.69 bits per heavy atom. The molecule has 1 nitrogen and oxygen atoms in total. The van der Waals surface area contributed by atoms with Crippen LogP contribution < -0.4 is 4.90 Å². The van der Waals surface area contributed by atoms with Gasteiger partial charge in [-0.05, 0) is 104 Å². The molecule has 282 valence electrons. The Kier molecular flexibility index (Phi) is 8.27. The summed E-state index contributed by atoms with van der Waals surface area (Å²) >= 11 is 0. The highest BCUT2D eigenvalue weighted by atomic mass is 15.1. The van der Waals surface area contributed by atoms with Crippen molar-refractivity contribution in [2.24, 2.45) is 0 Å². The molecule has 0 heterocycles. The van der Waals surface area contributed by atoms with Gasteiger partial charge in [0.1, 0.15) is 0 Å². The van der Waals surface area contributed by atoms with Crippen LogP contribution in [-0.2, 0) is 10.8 Å². The summed E-state index contributed by atoms with van der Waals surface area (Å²) in [6.45, 7) is 4.76. The summed E-state index contributed by atoms with van der Waals surface area (Å²) in [5, 5.41) is 0. The number of hydrogen-bond acceptors (Lipinski definition) is 1. The van der Waals surface area contributed by atoms with Crippen molar-refractivity contribution in [1.82, 2.24) is 0 Å². The van der Waals surface area contributed by atoms with E-state index in [1.54, 1.807) is 0 Å². The fraction of sp³-hybridized carbons (Fsp3) is 0.103. The third-order valence-corrected chi connectivity index (χ3v) is 13.2. The predicted octanol–water partition coefficient (Wildman–Crippen LogP) is 15.2. The van der Waals surface area contributed by atoms with Crippen LogP contribution in [0.3, 0.4) is 0 Å². The number of hydrogen-bond donors (Lipinski definition) is 0. The van der Waals surface area contributed by atoms with Gasteiger partial charge in [-0.15, -0.1) is 0 Å². The monoisotopic (exact) mass is 755 g/mol. The zero-order chi connectivity index (χ0) is 39.6. The minimum atomic E-state index is -0.467. The molecule has 0 radical (unpaired) electrons. The summed E-state index contributed by atoms with van der Waals surface area (Å²) in [6, 6.07) is 72.5. The van der Waals surface area contributed by atoms with E-state index < -0.39 is 5.41 Å². The van der Waals surface area contributed by atoms with Gasteiger partial charge in [-0.2, -0.15) is 0 Å². The Morgan fingerprint density at radius 2 is 1.00 bits per heavy atom. The Labute approximate surface area is 348 Å². The molecule has 8 aromatic carbocycles. The standard InChI is InChI=1S/C58H45N/c1-57(2)49-32-17-16-30-47(49)56-52(57)34-20-36-54(56)59(53-35-19-31-45(40-21-7-3-8-22-40)55(53)41-23-9-4-10-24-41)44-37-38-51-48(39-44)46-29-15-18-33-50(46)58(51,42-25-11-5-12-26-42)43-27-13-6-14-28-43/h3-7,9-21,23-39H,8,22H2,1-2H3. The molecule has 0 aromatic heterocycles. The summed E-state index contributed by atoms with van der Waals surface area (Å²) < 4.78 is 0. The quantitative estimate of drug-likeness (QED) is 0.157. The fourth-order valence-corrected chi connectivity index (χ4v) is 10.6. The van der Waals surface area contributed by atoms with Crippen LogP contribution in [0, 0.1) is 0 Å². The molecular weight excluding hydrogens is 711 g/mol. The van der Waals surface area contributed by atoms with Crippen LogP contribution >= 0.6 is 0 Å². The van der Waals surface area contributed by atoms with Crippen LogP contribution in [0.5, 0.6) is 0 Å². The second kappa shape index (κ2) is 13.9. The second-order valence-electron chi connectivity index (χ2n) is 16.7. The number of anilines is 3. The van der Waals surface area contributed by atoms with Crippen LogP contribution in [0.1, 0.15) is 65.6 Å². The summed E-state index contributed by atoms with van der Waals surface area (Å²) in [6.07, 6.45) is 8.88. The molecule has 0 saturated carbocycles. The van der Waals surface area contributed by atoms with Crippen molar-refractivity contribution < 1.29 is 0 Å². The lowest BCUT2D eigenvalue weighted by Gasteiger charge is -2.35. The lowest BCUT2D eigenvalue weighted by atomic mass is 9.68. The molecule has 11 rings (SSSR count). The van der Waals surface area contributed by atoms with Gasteiger partial charge in [0.05, 0.1) is 16.8 Å². The molecule has 0 fully saturated rings. The van der Waals surface area contributed by atoms with Crippen LogP contribution in [0.15, 0.2) is 212 Å². The van der Waals surface area contributed by atoms with Crippen molar-refractivity contribution >= 4 is 22.6 Å². The highest BCUT2D eigenvalue weighted by molar-refractivity contribution is 6.01. The minimum absolute atomic E-state index is 0.140. The molecule has 8 aromatic rings. The van der Waals surface area contributed by atoms with Gasteiger partial charge in [0.25, 0.3) is 0 Å². The molecule has 0 N–H and O–H groups in total. The fourth-order valence-electron chi connectivity index (χ4n) is 10.6. The Balaban J connectivity index is 1.24. The average molecular weight is 756 g/mol. The topological polar surface area (TPSA) is 3.24 Å². The maximum absolute atomic E-state index is 2.58. The third kappa shape index (κ3) is 5.31. The van der Waals surface area contributed by atoms with Crippen molar-refractivity contribution in [1.29, 1.82) is 0 Å². The highest BCUT2D eigenvalue weighted by Crippen LogP contribution is 2.59. The first-order valence-electron chi connectivity index (χ1n) is 21.0. The Morgan fingerprint density at radius 1 is 0.441 bits per heavy atom. The van der Waals surface area contributed by atoms with Crippen molar-refractivity contribution in [2.45, 2.75) is 37.5 Å². The van der Waals surface area contributed by atoms with Gasteiger partial charge in [-0.1, -0.05) is 202 Å². The van der Waals surface area contributed by atoms with Crippen LogP contribution in [0.25, 0.3) is 39.0 Å². The van der Waals surface area contributed by atoms with E-state index in [0.717, 1.165) is 18.5 Å².